The van der Waals surface area contributed by atoms with E-state index in [1.807, 2.05) is 6.07 Å². The largest absolute Gasteiger partial charge is 0.360 e. The second kappa shape index (κ2) is 8.09. The number of nitriles is 1. The van der Waals surface area contributed by atoms with Crippen LogP contribution in [0.4, 0.5) is 11.4 Å². The minimum Gasteiger partial charge on any atom is -0.360 e. The van der Waals surface area contributed by atoms with Gasteiger partial charge in [-0.2, -0.15) is 5.26 Å². The summed E-state index contributed by atoms with van der Waals surface area (Å²) >= 11 is 3.31. The van der Waals surface area contributed by atoms with Gasteiger partial charge in [-0.05, 0) is 43.3 Å². The van der Waals surface area contributed by atoms with Crippen LogP contribution in [0.25, 0.3) is 0 Å². The Balaban J connectivity index is 2.10. The lowest BCUT2D eigenvalue weighted by atomic mass is 10.1. The summed E-state index contributed by atoms with van der Waals surface area (Å²) in [5, 5.41) is 14.7. The maximum atomic E-state index is 12.1. The van der Waals surface area contributed by atoms with Crippen molar-refractivity contribution < 1.29 is 9.59 Å². The van der Waals surface area contributed by atoms with Crippen molar-refractivity contribution in [2.75, 3.05) is 10.6 Å². The predicted octanol–water partition coefficient (Wildman–Crippen LogP) is 4.11. The molecule has 1 amide bonds. The van der Waals surface area contributed by atoms with Crippen LogP contribution < -0.4 is 10.6 Å². The van der Waals surface area contributed by atoms with Crippen LogP contribution in [0.2, 0.25) is 0 Å². The molecule has 0 unspecified atom stereocenters. The molecule has 2 N–H and O–H groups in total. The van der Waals surface area contributed by atoms with Crippen molar-refractivity contribution >= 4 is 39.0 Å². The van der Waals surface area contributed by atoms with E-state index in [2.05, 4.69) is 26.6 Å². The molecule has 0 fully saturated rings. The number of amides is 1. The molecule has 0 saturated carbocycles. The molecule has 0 heterocycles. The third-order valence-electron chi connectivity index (χ3n) is 3.12. The normalized spacial score (nSPS) is 10.6. The maximum absolute atomic E-state index is 12.1. The molecule has 24 heavy (non-hydrogen) atoms. The lowest BCUT2D eigenvalue weighted by molar-refractivity contribution is -0.112. The zero-order chi connectivity index (χ0) is 17.5. The quantitative estimate of drug-likeness (QED) is 0.462. The Hall–Kier alpha value is -2.91. The van der Waals surface area contributed by atoms with E-state index in [1.165, 1.54) is 13.1 Å². The number of benzene rings is 2. The van der Waals surface area contributed by atoms with Gasteiger partial charge in [0, 0.05) is 27.6 Å². The van der Waals surface area contributed by atoms with Crippen LogP contribution in [0.3, 0.4) is 0 Å². The van der Waals surface area contributed by atoms with Crippen LogP contribution in [0, 0.1) is 11.3 Å². The summed E-state index contributed by atoms with van der Waals surface area (Å²) < 4.78 is 0.892. The number of nitrogens with zero attached hydrogens (tertiary/aromatic N) is 1. The molecular formula is C18H14BrN3O2. The van der Waals surface area contributed by atoms with E-state index in [9.17, 15) is 9.59 Å². The van der Waals surface area contributed by atoms with Gasteiger partial charge in [0.05, 0.1) is 0 Å². The molecule has 0 saturated heterocycles. The van der Waals surface area contributed by atoms with Gasteiger partial charge in [0.2, 0.25) is 0 Å². The maximum Gasteiger partial charge on any atom is 0.267 e. The molecule has 2 aromatic rings. The van der Waals surface area contributed by atoms with Gasteiger partial charge < -0.3 is 10.6 Å². The molecule has 0 aliphatic heterocycles. The lowest BCUT2D eigenvalue weighted by Gasteiger charge is -2.06. The Bertz CT molecular complexity index is 836. The van der Waals surface area contributed by atoms with Crippen molar-refractivity contribution in [1.82, 2.24) is 0 Å². The van der Waals surface area contributed by atoms with Gasteiger partial charge in [0.1, 0.15) is 11.6 Å². The molecule has 6 heteroatoms. The minimum absolute atomic E-state index is 0.0592. The molecule has 0 aliphatic carbocycles. The van der Waals surface area contributed by atoms with E-state index in [1.54, 1.807) is 48.5 Å². The van der Waals surface area contributed by atoms with Crippen molar-refractivity contribution in [3.63, 3.8) is 0 Å². The molecule has 2 rings (SSSR count). The Morgan fingerprint density at radius 1 is 1.12 bits per heavy atom. The molecule has 5 nitrogen and oxygen atoms in total. The standard InChI is InChI=1S/C18H14BrN3O2/c1-12(23)13-3-2-4-17(9-13)21-11-14(10-20)18(24)22-16-7-5-15(19)6-8-16/h2-9,11,21H,1H3,(H,22,24)/b14-11-. The third-order valence-corrected chi connectivity index (χ3v) is 3.65. The number of ketones is 1. The summed E-state index contributed by atoms with van der Waals surface area (Å²) in [6.45, 7) is 1.47. The van der Waals surface area contributed by atoms with Gasteiger partial charge in [-0.25, -0.2) is 0 Å². The number of hydrogen-bond donors (Lipinski definition) is 2. The van der Waals surface area contributed by atoms with Crippen LogP contribution >= 0.6 is 15.9 Å². The monoisotopic (exact) mass is 383 g/mol. The summed E-state index contributed by atoms with van der Waals surface area (Å²) in [5.41, 5.74) is 1.67. The highest BCUT2D eigenvalue weighted by Gasteiger charge is 2.09. The summed E-state index contributed by atoms with van der Waals surface area (Å²) in [7, 11) is 0. The van der Waals surface area contributed by atoms with Crippen LogP contribution in [0.5, 0.6) is 0 Å². The summed E-state index contributed by atoms with van der Waals surface area (Å²) in [6.07, 6.45) is 1.31. The second-order valence-electron chi connectivity index (χ2n) is 4.91. The van der Waals surface area contributed by atoms with Crippen molar-refractivity contribution in [1.29, 1.82) is 5.26 Å². The molecule has 0 atom stereocenters. The first-order chi connectivity index (χ1) is 11.5. The Morgan fingerprint density at radius 2 is 1.83 bits per heavy atom. The minimum atomic E-state index is -0.518. The summed E-state index contributed by atoms with van der Waals surface area (Å²) in [4.78, 5) is 23.5. The van der Waals surface area contributed by atoms with E-state index < -0.39 is 5.91 Å². The van der Waals surface area contributed by atoms with Crippen LogP contribution in [-0.4, -0.2) is 11.7 Å². The smallest absolute Gasteiger partial charge is 0.267 e. The number of carbonyl (C=O) groups is 2. The molecular weight excluding hydrogens is 370 g/mol. The highest BCUT2D eigenvalue weighted by Crippen LogP contribution is 2.15. The Kier molecular flexibility index (Phi) is 5.88. The topological polar surface area (TPSA) is 82.0 Å². The molecule has 0 spiro atoms. The van der Waals surface area contributed by atoms with E-state index in [0.717, 1.165) is 4.47 Å². The number of halogens is 1. The number of Topliss-reactive ketones (excluding diaryl/α,β-unsaturated/α-hetero) is 1. The van der Waals surface area contributed by atoms with Crippen molar-refractivity contribution in [2.45, 2.75) is 6.92 Å². The number of hydrogen-bond acceptors (Lipinski definition) is 4. The highest BCUT2D eigenvalue weighted by atomic mass is 79.9. The van der Waals surface area contributed by atoms with Crippen molar-refractivity contribution in [3.8, 4) is 6.07 Å². The lowest BCUT2D eigenvalue weighted by Crippen LogP contribution is -2.14. The summed E-state index contributed by atoms with van der Waals surface area (Å²) in [5.74, 6) is -0.578. The third kappa shape index (κ3) is 4.80. The van der Waals surface area contributed by atoms with Crippen LogP contribution in [0.1, 0.15) is 17.3 Å². The van der Waals surface area contributed by atoms with Crippen molar-refractivity contribution in [2.24, 2.45) is 0 Å². The van der Waals surface area contributed by atoms with E-state index in [-0.39, 0.29) is 11.4 Å². The number of carbonyl (C=O) groups excluding carboxylic acids is 2. The second-order valence-corrected chi connectivity index (χ2v) is 5.83. The van der Waals surface area contributed by atoms with Gasteiger partial charge in [0.25, 0.3) is 5.91 Å². The molecule has 120 valence electrons. The average Bonchev–Trinajstić information content (AvgIpc) is 2.57. The fourth-order valence-electron chi connectivity index (χ4n) is 1.86. The zero-order valence-corrected chi connectivity index (χ0v) is 14.4. The first kappa shape index (κ1) is 17.4. The Morgan fingerprint density at radius 3 is 2.46 bits per heavy atom. The van der Waals surface area contributed by atoms with Gasteiger partial charge in [-0.1, -0.05) is 28.1 Å². The van der Waals surface area contributed by atoms with Crippen LogP contribution in [0.15, 0.2) is 64.8 Å². The molecule has 0 radical (unpaired) electrons. The fourth-order valence-corrected chi connectivity index (χ4v) is 2.13. The molecule has 0 aliphatic rings. The number of nitrogens with one attached hydrogen (secondary N) is 2. The van der Waals surface area contributed by atoms with Gasteiger partial charge in [-0.3, -0.25) is 9.59 Å². The predicted molar refractivity (Wildman–Crippen MR) is 96.5 cm³/mol. The zero-order valence-electron chi connectivity index (χ0n) is 12.8. The van der Waals surface area contributed by atoms with Gasteiger partial charge in [-0.15, -0.1) is 0 Å². The molecule has 2 aromatic carbocycles. The van der Waals surface area contributed by atoms with Gasteiger partial charge in [0.15, 0.2) is 5.78 Å². The Labute approximate surface area is 148 Å². The van der Waals surface area contributed by atoms with Crippen molar-refractivity contribution in [3.05, 3.63) is 70.3 Å². The van der Waals surface area contributed by atoms with E-state index in [0.29, 0.717) is 16.9 Å². The molecule has 0 bridgehead atoms. The average molecular weight is 384 g/mol. The SMILES string of the molecule is CC(=O)c1cccc(N/C=C(/C#N)C(=O)Nc2ccc(Br)cc2)c1. The first-order valence-electron chi connectivity index (χ1n) is 7.04. The van der Waals surface area contributed by atoms with Crippen LogP contribution in [-0.2, 0) is 4.79 Å². The number of rotatable bonds is 5. The highest BCUT2D eigenvalue weighted by molar-refractivity contribution is 9.10. The molecule has 0 aromatic heterocycles. The first-order valence-corrected chi connectivity index (χ1v) is 7.83. The fraction of sp³-hybridized carbons (Fsp3) is 0.0556. The van der Waals surface area contributed by atoms with E-state index in [4.69, 9.17) is 5.26 Å². The summed E-state index contributed by atoms with van der Waals surface area (Å²) in [6, 6.07) is 15.7. The van der Waals surface area contributed by atoms with E-state index >= 15 is 0 Å². The number of anilines is 2. The van der Waals surface area contributed by atoms with Gasteiger partial charge >= 0.3 is 0 Å².